The Morgan fingerprint density at radius 2 is 2.07 bits per heavy atom. The Labute approximate surface area is 184 Å². The normalized spacial score (nSPS) is 11.1. The molecule has 0 aliphatic carbocycles. The van der Waals surface area contributed by atoms with Gasteiger partial charge in [0.05, 0.1) is 34.0 Å². The third-order valence-corrected chi connectivity index (χ3v) is 5.85. The zero-order chi connectivity index (χ0) is 20.5. The van der Waals surface area contributed by atoms with Gasteiger partial charge in [0.1, 0.15) is 5.56 Å². The molecular formula is C21H15BrN6OS. The molecule has 0 aliphatic heterocycles. The number of amides is 1. The molecule has 0 spiro atoms. The van der Waals surface area contributed by atoms with Crippen LogP contribution in [0.5, 0.6) is 0 Å². The summed E-state index contributed by atoms with van der Waals surface area (Å²) in [5, 5.41) is 13.6. The van der Waals surface area contributed by atoms with E-state index in [0.29, 0.717) is 23.4 Å². The van der Waals surface area contributed by atoms with E-state index in [1.54, 1.807) is 34.4 Å². The van der Waals surface area contributed by atoms with Crippen LogP contribution in [-0.2, 0) is 6.54 Å². The number of nitrogens with one attached hydrogen (secondary N) is 1. The number of aromatic nitrogens is 5. The van der Waals surface area contributed by atoms with Gasteiger partial charge in [-0.15, -0.1) is 11.3 Å². The minimum absolute atomic E-state index is 0.250. The van der Waals surface area contributed by atoms with E-state index in [1.807, 2.05) is 58.7 Å². The molecule has 4 aromatic heterocycles. The highest BCUT2D eigenvalue weighted by Crippen LogP contribution is 2.25. The third-order valence-electron chi connectivity index (χ3n) is 4.55. The second-order valence-electron chi connectivity index (χ2n) is 6.61. The zero-order valence-corrected chi connectivity index (χ0v) is 18.0. The molecule has 0 saturated heterocycles. The average Bonchev–Trinajstić information content (AvgIpc) is 3.49. The predicted octanol–water partition coefficient (Wildman–Crippen LogP) is 4.72. The maximum atomic E-state index is 12.9. The van der Waals surface area contributed by atoms with Crippen LogP contribution < -0.4 is 5.32 Å². The number of nitrogens with zero attached hydrogens (tertiary/aromatic N) is 5. The molecule has 9 heteroatoms. The Morgan fingerprint density at radius 3 is 2.87 bits per heavy atom. The summed E-state index contributed by atoms with van der Waals surface area (Å²) in [6.45, 7) is 0.609. The number of thiophene rings is 1. The molecule has 4 heterocycles. The van der Waals surface area contributed by atoms with E-state index in [2.05, 4.69) is 36.4 Å². The van der Waals surface area contributed by atoms with Gasteiger partial charge in [0.25, 0.3) is 5.91 Å². The molecule has 0 unspecified atom stereocenters. The van der Waals surface area contributed by atoms with Gasteiger partial charge in [-0.05, 0) is 51.1 Å². The lowest BCUT2D eigenvalue weighted by molar-refractivity contribution is 0.102. The fourth-order valence-corrected chi connectivity index (χ4v) is 4.28. The van der Waals surface area contributed by atoms with Crippen LogP contribution >= 0.6 is 27.3 Å². The zero-order valence-electron chi connectivity index (χ0n) is 15.6. The summed E-state index contributed by atoms with van der Waals surface area (Å²) in [4.78, 5) is 18.4. The van der Waals surface area contributed by atoms with E-state index in [1.165, 1.54) is 0 Å². The molecule has 0 bridgehead atoms. The molecule has 0 fully saturated rings. The number of fused-ring (bicyclic) bond motifs is 1. The van der Waals surface area contributed by atoms with E-state index < -0.39 is 0 Å². The maximum absolute atomic E-state index is 12.9. The molecule has 0 saturated carbocycles. The van der Waals surface area contributed by atoms with Crippen LogP contribution in [0.1, 0.15) is 15.9 Å². The minimum Gasteiger partial charge on any atom is -0.322 e. The first kappa shape index (κ1) is 18.7. The van der Waals surface area contributed by atoms with E-state index in [9.17, 15) is 4.79 Å². The van der Waals surface area contributed by atoms with Crippen LogP contribution in [0, 0.1) is 0 Å². The van der Waals surface area contributed by atoms with Crippen LogP contribution in [0.25, 0.3) is 16.2 Å². The van der Waals surface area contributed by atoms with E-state index in [-0.39, 0.29) is 5.91 Å². The van der Waals surface area contributed by atoms with Crippen molar-refractivity contribution in [3.63, 3.8) is 0 Å². The van der Waals surface area contributed by atoms with Crippen molar-refractivity contribution in [3.05, 3.63) is 88.2 Å². The quantitative estimate of drug-likeness (QED) is 0.396. The lowest BCUT2D eigenvalue weighted by atomic mass is 10.2. The van der Waals surface area contributed by atoms with Gasteiger partial charge < -0.3 is 5.32 Å². The Hall–Kier alpha value is -3.30. The van der Waals surface area contributed by atoms with Crippen LogP contribution in [0.15, 0.2) is 77.1 Å². The Kier molecular flexibility index (Phi) is 4.89. The van der Waals surface area contributed by atoms with Crippen molar-refractivity contribution < 1.29 is 4.79 Å². The number of carbonyl (C=O) groups is 1. The summed E-state index contributed by atoms with van der Waals surface area (Å²) < 4.78 is 4.45. The number of hydrogen-bond acceptors (Lipinski definition) is 5. The Bertz CT molecular complexity index is 1340. The van der Waals surface area contributed by atoms with Crippen molar-refractivity contribution in [2.75, 3.05) is 5.32 Å². The highest BCUT2D eigenvalue weighted by atomic mass is 79.9. The van der Waals surface area contributed by atoms with Gasteiger partial charge in [-0.1, -0.05) is 18.2 Å². The fourth-order valence-electron chi connectivity index (χ4n) is 3.22. The van der Waals surface area contributed by atoms with Crippen LogP contribution in [-0.4, -0.2) is 30.3 Å². The van der Waals surface area contributed by atoms with Gasteiger partial charge in [-0.25, -0.2) is 9.50 Å². The molecule has 5 rings (SSSR count). The number of benzene rings is 1. The molecule has 1 N–H and O–H groups in total. The second-order valence-corrected chi connectivity index (χ2v) is 8.48. The number of anilines is 1. The molecule has 5 aromatic rings. The molecule has 1 amide bonds. The molecule has 1 aromatic carbocycles. The molecule has 7 nitrogen and oxygen atoms in total. The topological polar surface area (TPSA) is 77.1 Å². The highest BCUT2D eigenvalue weighted by Gasteiger charge is 2.17. The summed E-state index contributed by atoms with van der Waals surface area (Å²) in [7, 11) is 0. The second kappa shape index (κ2) is 7.85. The molecule has 30 heavy (non-hydrogen) atoms. The third kappa shape index (κ3) is 3.64. The number of rotatable bonds is 5. The van der Waals surface area contributed by atoms with Gasteiger partial charge in [-0.3, -0.25) is 9.48 Å². The van der Waals surface area contributed by atoms with Crippen LogP contribution in [0.3, 0.4) is 0 Å². The van der Waals surface area contributed by atoms with Crippen molar-refractivity contribution in [3.8, 4) is 10.6 Å². The van der Waals surface area contributed by atoms with Gasteiger partial charge >= 0.3 is 0 Å². The lowest BCUT2D eigenvalue weighted by Crippen LogP contribution is -2.12. The molecule has 0 aliphatic rings. The summed E-state index contributed by atoms with van der Waals surface area (Å²) in [5.74, 6) is -0.250. The minimum atomic E-state index is -0.250. The van der Waals surface area contributed by atoms with Crippen molar-refractivity contribution >= 4 is 44.5 Å². The summed E-state index contributed by atoms with van der Waals surface area (Å²) in [6, 6.07) is 13.6. The SMILES string of the molecule is O=C(Nc1cccc(Cn2cc(Br)cn2)c1)c1cnn2c(-c3cccs3)ccnc12. The summed E-state index contributed by atoms with van der Waals surface area (Å²) >= 11 is 5.01. The number of halogens is 1. The van der Waals surface area contributed by atoms with Gasteiger partial charge in [-0.2, -0.15) is 10.2 Å². The maximum Gasteiger partial charge on any atom is 0.261 e. The van der Waals surface area contributed by atoms with Crippen molar-refractivity contribution in [1.82, 2.24) is 24.4 Å². The van der Waals surface area contributed by atoms with Gasteiger partial charge in [0.2, 0.25) is 0 Å². The first-order valence-electron chi connectivity index (χ1n) is 9.12. The van der Waals surface area contributed by atoms with Crippen molar-refractivity contribution in [2.45, 2.75) is 6.54 Å². The van der Waals surface area contributed by atoms with E-state index >= 15 is 0 Å². The summed E-state index contributed by atoms with van der Waals surface area (Å²) in [5.41, 5.74) is 3.59. The van der Waals surface area contributed by atoms with Crippen LogP contribution in [0.2, 0.25) is 0 Å². The monoisotopic (exact) mass is 478 g/mol. The average molecular weight is 479 g/mol. The van der Waals surface area contributed by atoms with Crippen molar-refractivity contribution in [2.24, 2.45) is 0 Å². The number of carbonyl (C=O) groups excluding carboxylic acids is 1. The van der Waals surface area contributed by atoms with Gasteiger partial charge in [0.15, 0.2) is 5.65 Å². The molecule has 0 atom stereocenters. The van der Waals surface area contributed by atoms with Crippen molar-refractivity contribution in [1.29, 1.82) is 0 Å². The molecule has 0 radical (unpaired) electrons. The first-order valence-corrected chi connectivity index (χ1v) is 10.8. The lowest BCUT2D eigenvalue weighted by Gasteiger charge is -2.07. The standard InChI is InChI=1S/C21H15BrN6OS/c22-15-10-24-27(13-15)12-14-3-1-4-16(9-14)26-21(29)17-11-25-28-18(6-7-23-20(17)28)19-5-2-8-30-19/h1-11,13H,12H2,(H,26,29). The van der Waals surface area contributed by atoms with E-state index in [4.69, 9.17) is 0 Å². The Morgan fingerprint density at radius 1 is 1.13 bits per heavy atom. The Balaban J connectivity index is 1.40. The predicted molar refractivity (Wildman–Crippen MR) is 120 cm³/mol. The number of hydrogen-bond donors (Lipinski definition) is 1. The van der Waals surface area contributed by atoms with Gasteiger partial charge in [0, 0.05) is 18.1 Å². The first-order chi connectivity index (χ1) is 14.7. The highest BCUT2D eigenvalue weighted by molar-refractivity contribution is 9.10. The summed E-state index contributed by atoms with van der Waals surface area (Å²) in [6.07, 6.45) is 6.90. The molecular weight excluding hydrogens is 464 g/mol. The fraction of sp³-hybridized carbons (Fsp3) is 0.0476. The molecule has 148 valence electrons. The van der Waals surface area contributed by atoms with Crippen LogP contribution in [0.4, 0.5) is 5.69 Å². The smallest absolute Gasteiger partial charge is 0.261 e. The van der Waals surface area contributed by atoms with E-state index in [0.717, 1.165) is 20.6 Å². The largest absolute Gasteiger partial charge is 0.322 e.